The third kappa shape index (κ3) is 2.03. The molecule has 20 heavy (non-hydrogen) atoms. The van der Waals surface area contributed by atoms with Crippen molar-refractivity contribution >= 4 is 22.3 Å². The topological polar surface area (TPSA) is 92.5 Å². The van der Waals surface area contributed by atoms with Crippen LogP contribution in [-0.4, -0.2) is 20.2 Å². The number of hydrogen-bond donors (Lipinski definition) is 3. The van der Waals surface area contributed by atoms with E-state index in [1.54, 1.807) is 18.3 Å². The fourth-order valence-corrected chi connectivity index (χ4v) is 2.08. The number of halogens is 1. The Hall–Kier alpha value is -2.70. The lowest BCUT2D eigenvalue weighted by Crippen LogP contribution is -2.11. The molecule has 0 saturated carbocycles. The van der Waals surface area contributed by atoms with Crippen molar-refractivity contribution in [1.82, 2.24) is 20.2 Å². The molecule has 1 aromatic carbocycles. The minimum Gasteiger partial charge on any atom is -0.398 e. The second-order valence-corrected chi connectivity index (χ2v) is 4.46. The SMILES string of the molecule is CC(Nc1c(F)cc(N)c2cccnc12)c1ncn[nH]1. The Kier molecular flexibility index (Phi) is 2.94. The van der Waals surface area contributed by atoms with Gasteiger partial charge >= 0.3 is 0 Å². The Morgan fingerprint density at radius 1 is 1.40 bits per heavy atom. The van der Waals surface area contributed by atoms with Gasteiger partial charge in [-0.3, -0.25) is 10.1 Å². The summed E-state index contributed by atoms with van der Waals surface area (Å²) in [5.41, 5.74) is 6.98. The molecule has 6 nitrogen and oxygen atoms in total. The summed E-state index contributed by atoms with van der Waals surface area (Å²) in [6, 6.07) is 4.63. The summed E-state index contributed by atoms with van der Waals surface area (Å²) in [6.45, 7) is 1.85. The van der Waals surface area contributed by atoms with E-state index >= 15 is 0 Å². The quantitative estimate of drug-likeness (QED) is 0.636. The molecule has 7 heteroatoms. The van der Waals surface area contributed by atoms with E-state index in [1.807, 2.05) is 6.92 Å². The first-order valence-electron chi connectivity index (χ1n) is 6.11. The van der Waals surface area contributed by atoms with Crippen LogP contribution in [-0.2, 0) is 0 Å². The van der Waals surface area contributed by atoms with Crippen molar-refractivity contribution in [3.05, 3.63) is 42.4 Å². The first-order valence-corrected chi connectivity index (χ1v) is 6.11. The zero-order valence-corrected chi connectivity index (χ0v) is 10.8. The smallest absolute Gasteiger partial charge is 0.150 e. The molecule has 0 saturated heterocycles. The van der Waals surface area contributed by atoms with Crippen molar-refractivity contribution in [2.24, 2.45) is 0 Å². The van der Waals surface area contributed by atoms with Crippen molar-refractivity contribution in [2.45, 2.75) is 13.0 Å². The lowest BCUT2D eigenvalue weighted by molar-refractivity contribution is 0.628. The minimum absolute atomic E-state index is 0.235. The average Bonchev–Trinajstić information content (AvgIpc) is 2.97. The number of nitrogens with one attached hydrogen (secondary N) is 2. The van der Waals surface area contributed by atoms with Crippen LogP contribution in [0.2, 0.25) is 0 Å². The number of H-pyrrole nitrogens is 1. The van der Waals surface area contributed by atoms with Crippen LogP contribution in [0.15, 0.2) is 30.7 Å². The molecule has 0 aliphatic carbocycles. The number of hydrogen-bond acceptors (Lipinski definition) is 5. The molecule has 0 spiro atoms. The predicted octanol–water partition coefficient (Wildman–Crippen LogP) is 2.25. The van der Waals surface area contributed by atoms with Crippen LogP contribution in [0.4, 0.5) is 15.8 Å². The number of aromatic amines is 1. The summed E-state index contributed by atoms with van der Waals surface area (Å²) in [7, 11) is 0. The zero-order chi connectivity index (χ0) is 14.1. The zero-order valence-electron chi connectivity index (χ0n) is 10.8. The van der Waals surface area contributed by atoms with Gasteiger partial charge in [0.2, 0.25) is 0 Å². The van der Waals surface area contributed by atoms with Crippen molar-refractivity contribution < 1.29 is 4.39 Å². The summed E-state index contributed by atoms with van der Waals surface area (Å²) in [5, 5.41) is 10.3. The Bertz CT molecular complexity index is 740. The maximum absolute atomic E-state index is 14.2. The maximum Gasteiger partial charge on any atom is 0.150 e. The van der Waals surface area contributed by atoms with Crippen LogP contribution in [0.25, 0.3) is 10.9 Å². The molecule has 102 valence electrons. The number of anilines is 2. The molecule has 0 bridgehead atoms. The van der Waals surface area contributed by atoms with E-state index in [-0.39, 0.29) is 6.04 Å². The molecular formula is C13H13FN6. The summed E-state index contributed by atoms with van der Waals surface area (Å²) < 4.78 is 14.2. The fourth-order valence-electron chi connectivity index (χ4n) is 2.08. The molecule has 3 rings (SSSR count). The molecule has 0 aliphatic heterocycles. The molecule has 2 heterocycles. The summed E-state index contributed by atoms with van der Waals surface area (Å²) in [4.78, 5) is 8.25. The van der Waals surface area contributed by atoms with E-state index in [2.05, 4.69) is 25.5 Å². The predicted molar refractivity (Wildman–Crippen MR) is 74.5 cm³/mol. The molecule has 3 aromatic rings. The third-order valence-electron chi connectivity index (χ3n) is 3.08. The largest absolute Gasteiger partial charge is 0.398 e. The van der Waals surface area contributed by atoms with Gasteiger partial charge < -0.3 is 11.1 Å². The fraction of sp³-hybridized carbons (Fsp3) is 0.154. The van der Waals surface area contributed by atoms with Crippen LogP contribution in [0, 0.1) is 5.82 Å². The Morgan fingerprint density at radius 2 is 2.25 bits per heavy atom. The highest BCUT2D eigenvalue weighted by atomic mass is 19.1. The Balaban J connectivity index is 2.07. The standard InChI is InChI=1S/C13H13FN6/c1-7(13-17-6-18-20-13)19-12-9(14)5-10(15)8-3-2-4-16-11(8)12/h2-7,19H,15H2,1H3,(H,17,18,20). The number of benzene rings is 1. The first-order chi connectivity index (χ1) is 9.66. The number of nitrogens with zero attached hydrogens (tertiary/aromatic N) is 3. The summed E-state index contributed by atoms with van der Waals surface area (Å²) in [5.74, 6) is 0.172. The van der Waals surface area contributed by atoms with Gasteiger partial charge in [-0.1, -0.05) is 0 Å². The van der Waals surface area contributed by atoms with Gasteiger partial charge in [0.15, 0.2) is 5.82 Å². The molecule has 0 fully saturated rings. The second kappa shape index (κ2) is 4.76. The first kappa shape index (κ1) is 12.3. The molecule has 4 N–H and O–H groups in total. The highest BCUT2D eigenvalue weighted by Crippen LogP contribution is 2.31. The third-order valence-corrected chi connectivity index (χ3v) is 3.08. The van der Waals surface area contributed by atoms with E-state index in [4.69, 9.17) is 5.73 Å². The van der Waals surface area contributed by atoms with Gasteiger partial charge in [0.05, 0.1) is 17.2 Å². The van der Waals surface area contributed by atoms with E-state index in [0.717, 1.165) is 0 Å². The highest BCUT2D eigenvalue weighted by Gasteiger charge is 2.16. The number of nitrogens with two attached hydrogens (primary N) is 1. The molecule has 0 amide bonds. The van der Waals surface area contributed by atoms with Crippen LogP contribution in [0.5, 0.6) is 0 Å². The van der Waals surface area contributed by atoms with Crippen LogP contribution < -0.4 is 11.1 Å². The number of nitrogen functional groups attached to an aromatic ring is 1. The average molecular weight is 272 g/mol. The number of rotatable bonds is 3. The molecule has 1 unspecified atom stereocenters. The maximum atomic E-state index is 14.2. The van der Waals surface area contributed by atoms with E-state index in [0.29, 0.717) is 28.1 Å². The van der Waals surface area contributed by atoms with E-state index < -0.39 is 5.82 Å². The van der Waals surface area contributed by atoms with E-state index in [9.17, 15) is 4.39 Å². The molecule has 2 aromatic heterocycles. The monoisotopic (exact) mass is 272 g/mol. The lowest BCUT2D eigenvalue weighted by Gasteiger charge is -2.15. The van der Waals surface area contributed by atoms with E-state index in [1.165, 1.54) is 12.4 Å². The summed E-state index contributed by atoms with van der Waals surface area (Å²) in [6.07, 6.45) is 3.01. The Labute approximate surface area is 114 Å². The molecule has 0 radical (unpaired) electrons. The van der Waals surface area contributed by atoms with Gasteiger partial charge in [0.25, 0.3) is 0 Å². The number of aromatic nitrogens is 4. The van der Waals surface area contributed by atoms with Crippen LogP contribution in [0.3, 0.4) is 0 Å². The van der Waals surface area contributed by atoms with Crippen molar-refractivity contribution in [3.8, 4) is 0 Å². The van der Waals surface area contributed by atoms with Crippen LogP contribution in [0.1, 0.15) is 18.8 Å². The van der Waals surface area contributed by atoms with Gasteiger partial charge in [0, 0.05) is 17.3 Å². The second-order valence-electron chi connectivity index (χ2n) is 4.46. The molecular weight excluding hydrogens is 259 g/mol. The number of pyridine rings is 1. The normalized spacial score (nSPS) is 12.5. The number of fused-ring (bicyclic) bond motifs is 1. The lowest BCUT2D eigenvalue weighted by atomic mass is 10.1. The van der Waals surface area contributed by atoms with Gasteiger partial charge in [-0.15, -0.1) is 0 Å². The molecule has 1 atom stereocenters. The van der Waals surface area contributed by atoms with Crippen molar-refractivity contribution in [3.63, 3.8) is 0 Å². The minimum atomic E-state index is -0.444. The van der Waals surface area contributed by atoms with Gasteiger partial charge in [-0.25, -0.2) is 9.37 Å². The van der Waals surface area contributed by atoms with Gasteiger partial charge in [-0.2, -0.15) is 5.10 Å². The molecule has 0 aliphatic rings. The van der Waals surface area contributed by atoms with Crippen molar-refractivity contribution in [2.75, 3.05) is 11.1 Å². The highest BCUT2D eigenvalue weighted by molar-refractivity contribution is 5.98. The van der Waals surface area contributed by atoms with Gasteiger partial charge in [-0.05, 0) is 25.1 Å². The Morgan fingerprint density at radius 3 is 3.00 bits per heavy atom. The van der Waals surface area contributed by atoms with Gasteiger partial charge in [0.1, 0.15) is 12.2 Å². The summed E-state index contributed by atoms with van der Waals surface area (Å²) >= 11 is 0. The van der Waals surface area contributed by atoms with Crippen LogP contribution >= 0.6 is 0 Å². The van der Waals surface area contributed by atoms with Crippen molar-refractivity contribution in [1.29, 1.82) is 0 Å².